The fourth-order valence-corrected chi connectivity index (χ4v) is 1.74. The van der Waals surface area contributed by atoms with Crippen molar-refractivity contribution < 1.29 is 14.0 Å². The molecule has 0 fully saturated rings. The first-order chi connectivity index (χ1) is 9.43. The van der Waals surface area contributed by atoms with Crippen molar-refractivity contribution in [3.8, 4) is 0 Å². The number of carbonyl (C=O) groups excluding carboxylic acids is 2. The fraction of sp³-hybridized carbons (Fsp3) is 0.429. The van der Waals surface area contributed by atoms with Gasteiger partial charge in [0, 0.05) is 7.05 Å². The van der Waals surface area contributed by atoms with E-state index in [9.17, 15) is 14.0 Å². The lowest BCUT2D eigenvalue weighted by molar-refractivity contribution is -0.121. The lowest BCUT2D eigenvalue weighted by Gasteiger charge is -2.13. The summed E-state index contributed by atoms with van der Waals surface area (Å²) >= 11 is 0. The number of hydrogen-bond acceptors (Lipinski definition) is 3. The van der Waals surface area contributed by atoms with E-state index < -0.39 is 12.1 Å². The Labute approximate surface area is 117 Å². The van der Waals surface area contributed by atoms with Crippen LogP contribution in [0.25, 0.3) is 0 Å². The van der Waals surface area contributed by atoms with Crippen LogP contribution in [0.15, 0.2) is 18.2 Å². The van der Waals surface area contributed by atoms with Gasteiger partial charge in [-0.3, -0.25) is 10.1 Å². The quantitative estimate of drug-likeness (QED) is 0.757. The van der Waals surface area contributed by atoms with Crippen LogP contribution in [0, 0.1) is 12.7 Å². The highest BCUT2D eigenvalue weighted by atomic mass is 19.1. The van der Waals surface area contributed by atoms with E-state index >= 15 is 0 Å². The monoisotopic (exact) mass is 281 g/mol. The molecule has 1 aromatic rings. The van der Waals surface area contributed by atoms with Gasteiger partial charge in [0.2, 0.25) is 5.91 Å². The van der Waals surface area contributed by atoms with Gasteiger partial charge in [0.15, 0.2) is 0 Å². The minimum absolute atomic E-state index is 0.252. The summed E-state index contributed by atoms with van der Waals surface area (Å²) in [5.74, 6) is -0.641. The predicted octanol–water partition coefficient (Wildman–Crippen LogP) is 1.11. The number of nitrogens with one attached hydrogen (secondary N) is 3. The van der Waals surface area contributed by atoms with E-state index in [1.54, 1.807) is 13.0 Å². The van der Waals surface area contributed by atoms with Crippen molar-refractivity contribution in [2.24, 2.45) is 0 Å². The Morgan fingerprint density at radius 3 is 2.65 bits per heavy atom. The van der Waals surface area contributed by atoms with Crippen molar-refractivity contribution in [3.05, 3.63) is 35.1 Å². The second-order valence-electron chi connectivity index (χ2n) is 4.56. The van der Waals surface area contributed by atoms with Gasteiger partial charge in [-0.1, -0.05) is 6.07 Å². The molecule has 3 amide bonds. The summed E-state index contributed by atoms with van der Waals surface area (Å²) in [6, 6.07) is 3.63. The summed E-state index contributed by atoms with van der Waals surface area (Å²) in [4.78, 5) is 22.6. The third-order valence-electron chi connectivity index (χ3n) is 3.01. The van der Waals surface area contributed by atoms with Crippen molar-refractivity contribution in [2.75, 3.05) is 13.6 Å². The average molecular weight is 281 g/mol. The zero-order chi connectivity index (χ0) is 15.1. The Kier molecular flexibility index (Phi) is 6.11. The molecule has 0 radical (unpaired) electrons. The van der Waals surface area contributed by atoms with E-state index in [1.165, 1.54) is 19.2 Å². The number of hydrogen-bond donors (Lipinski definition) is 3. The molecular formula is C14H20FN3O2. The zero-order valence-corrected chi connectivity index (χ0v) is 11.9. The highest BCUT2D eigenvalue weighted by Gasteiger charge is 2.14. The molecule has 0 heterocycles. The van der Waals surface area contributed by atoms with Crippen molar-refractivity contribution in [3.63, 3.8) is 0 Å². The number of amides is 3. The number of imide groups is 1. The summed E-state index contributed by atoms with van der Waals surface area (Å²) < 4.78 is 13.0. The molecule has 0 aliphatic carbocycles. The van der Waals surface area contributed by atoms with E-state index in [-0.39, 0.29) is 11.7 Å². The van der Waals surface area contributed by atoms with Gasteiger partial charge in [-0.25, -0.2) is 9.18 Å². The number of rotatable bonds is 5. The largest absolute Gasteiger partial charge is 0.341 e. The van der Waals surface area contributed by atoms with Crippen molar-refractivity contribution >= 4 is 11.9 Å². The first kappa shape index (κ1) is 16.1. The number of urea groups is 1. The van der Waals surface area contributed by atoms with E-state index in [4.69, 9.17) is 0 Å². The Hall–Kier alpha value is -1.95. The maximum Gasteiger partial charge on any atom is 0.321 e. The van der Waals surface area contributed by atoms with Gasteiger partial charge in [0.05, 0.1) is 6.04 Å². The normalized spacial score (nSPS) is 11.8. The van der Waals surface area contributed by atoms with E-state index in [1.807, 2.05) is 6.92 Å². The Morgan fingerprint density at radius 1 is 1.35 bits per heavy atom. The molecule has 1 atom stereocenters. The minimum Gasteiger partial charge on any atom is -0.341 e. The third kappa shape index (κ3) is 4.97. The molecule has 110 valence electrons. The predicted molar refractivity (Wildman–Crippen MR) is 74.9 cm³/mol. The smallest absolute Gasteiger partial charge is 0.321 e. The molecule has 1 rings (SSSR count). The Morgan fingerprint density at radius 2 is 2.05 bits per heavy atom. The third-order valence-corrected chi connectivity index (χ3v) is 3.01. The molecule has 0 aliphatic rings. The summed E-state index contributed by atoms with van der Waals surface area (Å²) in [6.45, 7) is 4.09. The van der Waals surface area contributed by atoms with Crippen LogP contribution in [-0.4, -0.2) is 31.6 Å². The molecule has 5 nitrogen and oxygen atoms in total. The molecule has 0 spiro atoms. The highest BCUT2D eigenvalue weighted by Crippen LogP contribution is 2.10. The second-order valence-corrected chi connectivity index (χ2v) is 4.56. The van der Waals surface area contributed by atoms with Gasteiger partial charge >= 0.3 is 6.03 Å². The van der Waals surface area contributed by atoms with Crippen LogP contribution in [-0.2, 0) is 11.2 Å². The number of aryl methyl sites for hydroxylation is 1. The molecule has 0 saturated carbocycles. The van der Waals surface area contributed by atoms with Gasteiger partial charge in [-0.15, -0.1) is 0 Å². The fourth-order valence-electron chi connectivity index (χ4n) is 1.74. The van der Waals surface area contributed by atoms with Crippen molar-refractivity contribution in [1.82, 2.24) is 16.0 Å². The standard InChI is InChI=1S/C14H20FN3O2/c1-9-8-12(15)5-4-11(9)6-7-17-10(2)13(19)18-14(20)16-3/h4-5,8,10,17H,6-7H2,1-3H3,(H2,16,18,19,20). The van der Waals surface area contributed by atoms with Crippen molar-refractivity contribution in [2.45, 2.75) is 26.3 Å². The van der Waals surface area contributed by atoms with Crippen LogP contribution < -0.4 is 16.0 Å². The molecule has 0 aliphatic heterocycles. The lowest BCUT2D eigenvalue weighted by atomic mass is 10.1. The number of carbonyl (C=O) groups is 2. The van der Waals surface area contributed by atoms with Gasteiger partial charge < -0.3 is 10.6 Å². The lowest BCUT2D eigenvalue weighted by Crippen LogP contribution is -2.47. The van der Waals surface area contributed by atoms with Crippen LogP contribution in [0.4, 0.5) is 9.18 Å². The van der Waals surface area contributed by atoms with Gasteiger partial charge in [0.25, 0.3) is 0 Å². The van der Waals surface area contributed by atoms with Gasteiger partial charge in [-0.2, -0.15) is 0 Å². The second kappa shape index (κ2) is 7.59. The molecule has 6 heteroatoms. The van der Waals surface area contributed by atoms with Gasteiger partial charge in [-0.05, 0) is 50.1 Å². The maximum absolute atomic E-state index is 13.0. The van der Waals surface area contributed by atoms with Crippen LogP contribution in [0.2, 0.25) is 0 Å². The first-order valence-corrected chi connectivity index (χ1v) is 6.45. The summed E-state index contributed by atoms with van der Waals surface area (Å²) in [7, 11) is 1.44. The van der Waals surface area contributed by atoms with Crippen LogP contribution in [0.5, 0.6) is 0 Å². The Bertz CT molecular complexity index is 491. The molecule has 1 unspecified atom stereocenters. The zero-order valence-electron chi connectivity index (χ0n) is 11.9. The number of halogens is 1. The SMILES string of the molecule is CNC(=O)NC(=O)C(C)NCCc1ccc(F)cc1C. The summed E-state index contributed by atoms with van der Waals surface area (Å²) in [5.41, 5.74) is 1.91. The summed E-state index contributed by atoms with van der Waals surface area (Å²) in [6.07, 6.45) is 0.684. The average Bonchev–Trinajstić information content (AvgIpc) is 2.40. The van der Waals surface area contributed by atoms with Crippen molar-refractivity contribution in [1.29, 1.82) is 0 Å². The topological polar surface area (TPSA) is 70.2 Å². The molecule has 0 aromatic heterocycles. The maximum atomic E-state index is 13.0. The van der Waals surface area contributed by atoms with E-state index in [0.29, 0.717) is 13.0 Å². The molecular weight excluding hydrogens is 261 g/mol. The van der Waals surface area contributed by atoms with Crippen LogP contribution >= 0.6 is 0 Å². The van der Waals surface area contributed by atoms with E-state index in [2.05, 4.69) is 16.0 Å². The highest BCUT2D eigenvalue weighted by molar-refractivity contribution is 5.96. The molecule has 0 bridgehead atoms. The molecule has 0 saturated heterocycles. The van der Waals surface area contributed by atoms with Crippen LogP contribution in [0.1, 0.15) is 18.1 Å². The van der Waals surface area contributed by atoms with Crippen LogP contribution in [0.3, 0.4) is 0 Å². The number of benzene rings is 1. The molecule has 20 heavy (non-hydrogen) atoms. The van der Waals surface area contributed by atoms with Gasteiger partial charge in [0.1, 0.15) is 5.82 Å². The first-order valence-electron chi connectivity index (χ1n) is 6.45. The van der Waals surface area contributed by atoms with E-state index in [0.717, 1.165) is 11.1 Å². The molecule has 3 N–H and O–H groups in total. The molecule has 1 aromatic carbocycles. The minimum atomic E-state index is -0.530. The Balaban J connectivity index is 2.40. The summed E-state index contributed by atoms with van der Waals surface area (Å²) in [5, 5.41) is 7.52.